The summed E-state index contributed by atoms with van der Waals surface area (Å²) in [5.74, 6) is 0. The second kappa shape index (κ2) is 5.12. The van der Waals surface area contributed by atoms with Gasteiger partial charge in [-0.15, -0.1) is 0 Å². The lowest BCUT2D eigenvalue weighted by Crippen LogP contribution is -2.32. The molecule has 0 aromatic heterocycles. The van der Waals surface area contributed by atoms with Gasteiger partial charge in [0.1, 0.15) is 6.63 Å². The summed E-state index contributed by atoms with van der Waals surface area (Å²) < 4.78 is 0. The molecule has 1 nitrogen and oxygen atoms in total. The predicted octanol–water partition coefficient (Wildman–Crippen LogP) is 4.48. The first-order valence-corrected chi connectivity index (χ1v) is 8.75. The van der Waals surface area contributed by atoms with Crippen LogP contribution in [0.5, 0.6) is 0 Å². The standard InChI is InChI=1S/C12H16Cl2NP/c1-9-3-4-10(2)15(9)11-5-7-12(8-6-11)16(13)14/h5-10H,3-4H2,1-2H3/t9-,10+. The Morgan fingerprint density at radius 2 is 1.56 bits per heavy atom. The highest BCUT2D eigenvalue weighted by molar-refractivity contribution is 8.08. The van der Waals surface area contributed by atoms with E-state index in [2.05, 4.69) is 30.9 Å². The largest absolute Gasteiger partial charge is 0.366 e. The fraction of sp³-hybridized carbons (Fsp3) is 0.500. The summed E-state index contributed by atoms with van der Waals surface area (Å²) in [6.07, 6.45) is 2.56. The fourth-order valence-corrected chi connectivity index (χ4v) is 3.49. The van der Waals surface area contributed by atoms with Crippen molar-refractivity contribution in [2.24, 2.45) is 0 Å². The van der Waals surface area contributed by atoms with Gasteiger partial charge in [0.25, 0.3) is 0 Å². The van der Waals surface area contributed by atoms with Gasteiger partial charge in [-0.05, 0) is 38.8 Å². The van der Waals surface area contributed by atoms with Gasteiger partial charge < -0.3 is 4.90 Å². The van der Waals surface area contributed by atoms with E-state index < -0.39 is 6.63 Å². The normalized spacial score (nSPS) is 25.4. The maximum absolute atomic E-state index is 5.89. The Morgan fingerprint density at radius 1 is 1.06 bits per heavy atom. The lowest BCUT2D eigenvalue weighted by atomic mass is 10.2. The number of rotatable bonds is 2. The molecule has 0 aliphatic carbocycles. The summed E-state index contributed by atoms with van der Waals surface area (Å²) in [4.78, 5) is 2.48. The molecule has 16 heavy (non-hydrogen) atoms. The summed E-state index contributed by atoms with van der Waals surface area (Å²) in [5, 5.41) is 1.03. The van der Waals surface area contributed by atoms with Crippen molar-refractivity contribution in [2.75, 3.05) is 4.90 Å². The third-order valence-electron chi connectivity index (χ3n) is 3.29. The van der Waals surface area contributed by atoms with Gasteiger partial charge in [-0.3, -0.25) is 0 Å². The maximum Gasteiger partial charge on any atom is 0.116 e. The zero-order valence-electron chi connectivity index (χ0n) is 9.53. The summed E-state index contributed by atoms with van der Waals surface area (Å²) in [7, 11) is 0. The molecule has 1 aromatic rings. The maximum atomic E-state index is 5.89. The van der Waals surface area contributed by atoms with E-state index in [-0.39, 0.29) is 0 Å². The molecule has 0 N–H and O–H groups in total. The van der Waals surface area contributed by atoms with Crippen molar-refractivity contribution in [1.29, 1.82) is 0 Å². The monoisotopic (exact) mass is 275 g/mol. The van der Waals surface area contributed by atoms with E-state index in [1.165, 1.54) is 18.5 Å². The van der Waals surface area contributed by atoms with Gasteiger partial charge in [0.2, 0.25) is 0 Å². The lowest BCUT2D eigenvalue weighted by molar-refractivity contribution is 0.694. The summed E-state index contributed by atoms with van der Waals surface area (Å²) in [6, 6.07) is 9.61. The van der Waals surface area contributed by atoms with E-state index in [0.29, 0.717) is 12.1 Å². The molecule has 1 fully saturated rings. The molecule has 0 bridgehead atoms. The first-order valence-electron chi connectivity index (χ1n) is 5.59. The Morgan fingerprint density at radius 3 is 2.00 bits per heavy atom. The molecule has 1 aliphatic heterocycles. The van der Waals surface area contributed by atoms with Crippen LogP contribution < -0.4 is 10.2 Å². The average Bonchev–Trinajstić information content (AvgIpc) is 2.59. The van der Waals surface area contributed by atoms with E-state index in [9.17, 15) is 0 Å². The minimum Gasteiger partial charge on any atom is -0.366 e. The van der Waals surface area contributed by atoms with Gasteiger partial charge in [0, 0.05) is 23.1 Å². The molecule has 0 amide bonds. The highest BCUT2D eigenvalue weighted by Crippen LogP contribution is 2.45. The van der Waals surface area contributed by atoms with E-state index in [1.807, 2.05) is 12.1 Å². The molecule has 4 heteroatoms. The number of benzene rings is 1. The fourth-order valence-electron chi connectivity index (χ4n) is 2.44. The molecule has 1 aromatic carbocycles. The van der Waals surface area contributed by atoms with Crippen LogP contribution in [0.3, 0.4) is 0 Å². The van der Waals surface area contributed by atoms with Crippen LogP contribution >= 0.6 is 29.1 Å². The molecular formula is C12H16Cl2NP. The minimum absolute atomic E-state index is 0.634. The number of hydrogen-bond acceptors (Lipinski definition) is 1. The Labute approximate surface area is 108 Å². The third kappa shape index (κ3) is 2.47. The Hall–Kier alpha value is 0.0300. The molecular weight excluding hydrogens is 260 g/mol. The molecule has 1 aliphatic rings. The highest BCUT2D eigenvalue weighted by atomic mass is 35.9. The lowest BCUT2D eigenvalue weighted by Gasteiger charge is -2.28. The van der Waals surface area contributed by atoms with Crippen molar-refractivity contribution in [2.45, 2.75) is 38.8 Å². The van der Waals surface area contributed by atoms with Gasteiger partial charge in [-0.25, -0.2) is 0 Å². The van der Waals surface area contributed by atoms with E-state index in [1.54, 1.807) is 0 Å². The summed E-state index contributed by atoms with van der Waals surface area (Å²) in [6.45, 7) is 3.55. The topological polar surface area (TPSA) is 3.24 Å². The minimum atomic E-state index is -1.02. The molecule has 2 rings (SSSR count). The SMILES string of the molecule is C[C@@H]1CC[C@H](C)N1c1ccc(P(Cl)Cl)cc1. The van der Waals surface area contributed by atoms with Gasteiger partial charge in [-0.2, -0.15) is 0 Å². The third-order valence-corrected chi connectivity index (χ3v) is 5.15. The zero-order valence-corrected chi connectivity index (χ0v) is 11.9. The molecule has 88 valence electrons. The van der Waals surface area contributed by atoms with Crippen LogP contribution in [0.15, 0.2) is 24.3 Å². The molecule has 2 atom stereocenters. The Kier molecular flexibility index (Phi) is 4.00. The van der Waals surface area contributed by atoms with Crippen molar-refractivity contribution < 1.29 is 0 Å². The molecule has 0 unspecified atom stereocenters. The second-order valence-electron chi connectivity index (χ2n) is 4.43. The molecule has 1 heterocycles. The average molecular weight is 276 g/mol. The number of nitrogens with zero attached hydrogens (tertiary/aromatic N) is 1. The van der Waals surface area contributed by atoms with Crippen LogP contribution in [0.4, 0.5) is 5.69 Å². The molecule has 0 spiro atoms. The summed E-state index contributed by atoms with van der Waals surface area (Å²) in [5.41, 5.74) is 1.28. The first-order chi connectivity index (χ1) is 7.59. The van der Waals surface area contributed by atoms with Crippen LogP contribution in [0.25, 0.3) is 0 Å². The van der Waals surface area contributed by atoms with E-state index >= 15 is 0 Å². The van der Waals surface area contributed by atoms with Crippen molar-refractivity contribution >= 4 is 40.1 Å². The van der Waals surface area contributed by atoms with Gasteiger partial charge in [0.15, 0.2) is 0 Å². The van der Waals surface area contributed by atoms with Crippen LogP contribution in [-0.4, -0.2) is 12.1 Å². The first kappa shape index (κ1) is 12.5. The number of hydrogen-bond donors (Lipinski definition) is 0. The molecule has 0 saturated carbocycles. The second-order valence-corrected chi connectivity index (χ2v) is 7.96. The number of anilines is 1. The van der Waals surface area contributed by atoms with E-state index in [4.69, 9.17) is 22.5 Å². The van der Waals surface area contributed by atoms with Crippen molar-refractivity contribution in [1.82, 2.24) is 0 Å². The highest BCUT2D eigenvalue weighted by Gasteiger charge is 2.27. The van der Waals surface area contributed by atoms with Gasteiger partial charge in [0.05, 0.1) is 0 Å². The van der Waals surface area contributed by atoms with Crippen LogP contribution in [-0.2, 0) is 0 Å². The Balaban J connectivity index is 2.21. The van der Waals surface area contributed by atoms with Crippen molar-refractivity contribution in [3.05, 3.63) is 24.3 Å². The van der Waals surface area contributed by atoms with Crippen LogP contribution in [0, 0.1) is 0 Å². The molecule has 0 radical (unpaired) electrons. The quantitative estimate of drug-likeness (QED) is 0.720. The van der Waals surface area contributed by atoms with E-state index in [0.717, 1.165) is 5.30 Å². The number of halogens is 2. The Bertz CT molecular complexity index is 343. The zero-order chi connectivity index (χ0) is 11.7. The smallest absolute Gasteiger partial charge is 0.116 e. The molecule has 1 saturated heterocycles. The van der Waals surface area contributed by atoms with Gasteiger partial charge in [-0.1, -0.05) is 34.6 Å². The van der Waals surface area contributed by atoms with Crippen LogP contribution in [0.2, 0.25) is 0 Å². The summed E-state index contributed by atoms with van der Waals surface area (Å²) >= 11 is 11.8. The van der Waals surface area contributed by atoms with Gasteiger partial charge >= 0.3 is 0 Å². The van der Waals surface area contributed by atoms with Crippen LogP contribution in [0.1, 0.15) is 26.7 Å². The van der Waals surface area contributed by atoms with Crippen molar-refractivity contribution in [3.8, 4) is 0 Å². The predicted molar refractivity (Wildman–Crippen MR) is 75.3 cm³/mol. The van der Waals surface area contributed by atoms with Crippen molar-refractivity contribution in [3.63, 3.8) is 0 Å².